The van der Waals surface area contributed by atoms with Crippen molar-refractivity contribution in [3.05, 3.63) is 181 Å². The summed E-state index contributed by atoms with van der Waals surface area (Å²) in [5, 5.41) is 7.46. The van der Waals surface area contributed by atoms with E-state index in [0.717, 1.165) is 17.1 Å². The molecule has 0 aliphatic rings. The number of nitrogens with zero attached hydrogens (tertiary/aromatic N) is 1. The first kappa shape index (κ1) is 28.5. The summed E-state index contributed by atoms with van der Waals surface area (Å²) in [4.78, 5) is 2.41. The monoisotopic (exact) mass is 601 g/mol. The van der Waals surface area contributed by atoms with Gasteiger partial charge in [0.1, 0.15) is 0 Å². The molecule has 8 aromatic carbocycles. The number of aryl methyl sites for hydroxylation is 1. The summed E-state index contributed by atoms with van der Waals surface area (Å²) in [6.45, 7) is 4.29. The van der Waals surface area contributed by atoms with Crippen LogP contribution in [0.5, 0.6) is 0 Å². The van der Waals surface area contributed by atoms with Gasteiger partial charge in [0, 0.05) is 16.8 Å². The van der Waals surface area contributed by atoms with Crippen LogP contribution in [0.1, 0.15) is 18.1 Å². The van der Waals surface area contributed by atoms with Crippen molar-refractivity contribution >= 4 is 55.5 Å². The third-order valence-electron chi connectivity index (χ3n) is 9.24. The molecule has 0 saturated heterocycles. The van der Waals surface area contributed by atoms with Crippen LogP contribution in [0, 0.1) is 6.92 Å². The summed E-state index contributed by atoms with van der Waals surface area (Å²) >= 11 is 0. The van der Waals surface area contributed by atoms with Crippen LogP contribution < -0.4 is 4.90 Å². The standard InChI is InChI=1S/C46H35N/c1-3-15-33-26-28-36(30-32(33)2)45-41-23-13-12-22-40(41)44(37-29-27-34-16-10-11-17-35(34)31-37)42-24-14-25-43(46(42)45)47(38-18-6-4-7-19-38)39-20-8-5-9-21-39/h3-31H,1-2H3/b15-3-. The normalized spacial score (nSPS) is 11.5. The minimum absolute atomic E-state index is 1.12. The maximum atomic E-state index is 2.41. The predicted molar refractivity (Wildman–Crippen MR) is 204 cm³/mol. The fourth-order valence-electron chi connectivity index (χ4n) is 7.13. The van der Waals surface area contributed by atoms with E-state index in [4.69, 9.17) is 0 Å². The molecule has 0 spiro atoms. The highest BCUT2D eigenvalue weighted by atomic mass is 15.1. The van der Waals surface area contributed by atoms with Crippen molar-refractivity contribution in [1.82, 2.24) is 0 Å². The molecule has 0 aliphatic carbocycles. The van der Waals surface area contributed by atoms with Gasteiger partial charge in [-0.05, 0) is 111 Å². The molecule has 1 heteroatoms. The molecule has 1 nitrogen and oxygen atoms in total. The molecule has 0 saturated carbocycles. The summed E-state index contributed by atoms with van der Waals surface area (Å²) < 4.78 is 0. The summed E-state index contributed by atoms with van der Waals surface area (Å²) in [7, 11) is 0. The first-order valence-electron chi connectivity index (χ1n) is 16.3. The van der Waals surface area contributed by atoms with Crippen LogP contribution in [0.4, 0.5) is 17.1 Å². The third kappa shape index (κ3) is 5.07. The van der Waals surface area contributed by atoms with Crippen LogP contribution in [0.25, 0.3) is 60.6 Å². The van der Waals surface area contributed by atoms with Crippen LogP contribution in [-0.4, -0.2) is 0 Å². The second kappa shape index (κ2) is 12.1. The maximum Gasteiger partial charge on any atom is 0.0546 e. The summed E-state index contributed by atoms with van der Waals surface area (Å²) in [6.07, 6.45) is 4.30. The topological polar surface area (TPSA) is 3.24 Å². The van der Waals surface area contributed by atoms with Gasteiger partial charge in [-0.2, -0.15) is 0 Å². The van der Waals surface area contributed by atoms with Gasteiger partial charge in [0.15, 0.2) is 0 Å². The number of para-hydroxylation sites is 2. The highest BCUT2D eigenvalue weighted by molar-refractivity contribution is 6.25. The quantitative estimate of drug-likeness (QED) is 0.171. The second-order valence-electron chi connectivity index (χ2n) is 12.1. The molecular weight excluding hydrogens is 567 g/mol. The number of benzene rings is 8. The Hall–Kier alpha value is -5.92. The lowest BCUT2D eigenvalue weighted by atomic mass is 9.84. The Morgan fingerprint density at radius 2 is 1.04 bits per heavy atom. The first-order valence-corrected chi connectivity index (χ1v) is 16.3. The number of anilines is 3. The number of allylic oxidation sites excluding steroid dienone is 1. The number of hydrogen-bond acceptors (Lipinski definition) is 1. The Labute approximate surface area is 276 Å². The van der Waals surface area contributed by atoms with Gasteiger partial charge >= 0.3 is 0 Å². The van der Waals surface area contributed by atoms with E-state index < -0.39 is 0 Å². The van der Waals surface area contributed by atoms with Crippen molar-refractivity contribution in [2.24, 2.45) is 0 Å². The van der Waals surface area contributed by atoms with Crippen molar-refractivity contribution in [2.45, 2.75) is 13.8 Å². The van der Waals surface area contributed by atoms with E-state index in [1.54, 1.807) is 0 Å². The maximum absolute atomic E-state index is 2.41. The van der Waals surface area contributed by atoms with Gasteiger partial charge in [-0.15, -0.1) is 0 Å². The van der Waals surface area contributed by atoms with Crippen molar-refractivity contribution < 1.29 is 0 Å². The Balaban J connectivity index is 1.55. The molecule has 0 N–H and O–H groups in total. The molecule has 224 valence electrons. The van der Waals surface area contributed by atoms with E-state index in [9.17, 15) is 0 Å². The molecule has 0 bridgehead atoms. The van der Waals surface area contributed by atoms with Gasteiger partial charge in [0.2, 0.25) is 0 Å². The molecular formula is C46H35N. The second-order valence-corrected chi connectivity index (χ2v) is 12.1. The largest absolute Gasteiger partial charge is 0.310 e. The van der Waals surface area contributed by atoms with E-state index >= 15 is 0 Å². The molecule has 0 aromatic heterocycles. The SMILES string of the molecule is C/C=C\c1ccc(-c2c3ccccc3c(-c3ccc4ccccc4c3)c3cccc(N(c4ccccc4)c4ccccc4)c23)cc1C. The van der Waals surface area contributed by atoms with E-state index in [1.165, 1.54) is 65.7 Å². The predicted octanol–water partition coefficient (Wildman–Crippen LogP) is 13.3. The number of hydrogen-bond donors (Lipinski definition) is 0. The molecule has 8 aromatic rings. The smallest absolute Gasteiger partial charge is 0.0546 e. The van der Waals surface area contributed by atoms with Gasteiger partial charge in [-0.1, -0.05) is 140 Å². The van der Waals surface area contributed by atoms with Crippen LogP contribution in [0.2, 0.25) is 0 Å². The lowest BCUT2D eigenvalue weighted by molar-refractivity contribution is 1.30. The molecule has 0 radical (unpaired) electrons. The molecule has 0 unspecified atom stereocenters. The molecule has 0 fully saturated rings. The fourth-order valence-corrected chi connectivity index (χ4v) is 7.13. The first-order chi connectivity index (χ1) is 23.2. The molecule has 0 amide bonds. The van der Waals surface area contributed by atoms with Gasteiger partial charge in [-0.3, -0.25) is 0 Å². The Morgan fingerprint density at radius 1 is 0.468 bits per heavy atom. The van der Waals surface area contributed by atoms with Crippen molar-refractivity contribution in [2.75, 3.05) is 4.90 Å². The Morgan fingerprint density at radius 3 is 1.72 bits per heavy atom. The molecule has 8 rings (SSSR count). The zero-order chi connectivity index (χ0) is 31.7. The summed E-state index contributed by atoms with van der Waals surface area (Å²) in [5.74, 6) is 0. The average Bonchev–Trinajstić information content (AvgIpc) is 3.12. The van der Waals surface area contributed by atoms with Gasteiger partial charge < -0.3 is 4.90 Å². The molecule has 0 atom stereocenters. The van der Waals surface area contributed by atoms with Crippen molar-refractivity contribution in [1.29, 1.82) is 0 Å². The molecule has 47 heavy (non-hydrogen) atoms. The lowest BCUT2D eigenvalue weighted by Crippen LogP contribution is -2.11. The Kier molecular flexibility index (Phi) is 7.36. The van der Waals surface area contributed by atoms with Crippen molar-refractivity contribution in [3.8, 4) is 22.3 Å². The highest BCUT2D eigenvalue weighted by Gasteiger charge is 2.23. The number of rotatable bonds is 6. The Bertz CT molecular complexity index is 2380. The van der Waals surface area contributed by atoms with Gasteiger partial charge in [-0.25, -0.2) is 0 Å². The minimum atomic E-state index is 1.12. The van der Waals surface area contributed by atoms with Crippen molar-refractivity contribution in [3.63, 3.8) is 0 Å². The highest BCUT2D eigenvalue weighted by Crippen LogP contribution is 2.49. The van der Waals surface area contributed by atoms with Crippen LogP contribution in [0.3, 0.4) is 0 Å². The van der Waals surface area contributed by atoms with E-state index in [-0.39, 0.29) is 0 Å². The summed E-state index contributed by atoms with van der Waals surface area (Å²) in [6, 6.07) is 59.7. The third-order valence-corrected chi connectivity index (χ3v) is 9.24. The minimum Gasteiger partial charge on any atom is -0.310 e. The van der Waals surface area contributed by atoms with Gasteiger partial charge in [0.25, 0.3) is 0 Å². The fraction of sp³-hybridized carbons (Fsp3) is 0.0435. The van der Waals surface area contributed by atoms with Crippen LogP contribution in [0.15, 0.2) is 170 Å². The van der Waals surface area contributed by atoms with Crippen LogP contribution >= 0.6 is 0 Å². The average molecular weight is 602 g/mol. The van der Waals surface area contributed by atoms with E-state index in [0.29, 0.717) is 0 Å². The molecule has 0 heterocycles. The summed E-state index contributed by atoms with van der Waals surface area (Å²) in [5.41, 5.74) is 10.9. The number of fused-ring (bicyclic) bond motifs is 3. The van der Waals surface area contributed by atoms with Crippen LogP contribution in [-0.2, 0) is 0 Å². The lowest BCUT2D eigenvalue weighted by Gasteiger charge is -2.29. The zero-order valence-corrected chi connectivity index (χ0v) is 26.7. The molecule has 0 aliphatic heterocycles. The van der Waals surface area contributed by atoms with E-state index in [2.05, 4.69) is 195 Å². The van der Waals surface area contributed by atoms with E-state index in [1.807, 2.05) is 0 Å². The van der Waals surface area contributed by atoms with Gasteiger partial charge in [0.05, 0.1) is 5.69 Å². The zero-order valence-electron chi connectivity index (χ0n) is 26.7.